The molecule has 0 fully saturated rings. The first-order chi connectivity index (χ1) is 7.97. The van der Waals surface area contributed by atoms with Crippen LogP contribution in [0, 0.1) is 0 Å². The third-order valence-electron chi connectivity index (χ3n) is 1.78. The summed E-state index contributed by atoms with van der Waals surface area (Å²) in [6.45, 7) is 0. The molecule has 0 spiro atoms. The summed E-state index contributed by atoms with van der Waals surface area (Å²) in [5.41, 5.74) is 8.06. The van der Waals surface area contributed by atoms with Gasteiger partial charge in [0.2, 0.25) is 0 Å². The van der Waals surface area contributed by atoms with Crippen LogP contribution in [0.2, 0.25) is 0 Å². The number of thiocarbonyl (C=S) groups is 1. The molecule has 1 rings (SSSR count). The zero-order valence-corrected chi connectivity index (χ0v) is 12.7. The van der Waals surface area contributed by atoms with Gasteiger partial charge in [-0.25, -0.2) is 0 Å². The lowest BCUT2D eigenvalue weighted by atomic mass is 10.2. The third kappa shape index (κ3) is 3.55. The Morgan fingerprint density at radius 2 is 2.29 bits per heavy atom. The van der Waals surface area contributed by atoms with Crippen molar-refractivity contribution < 1.29 is 9.84 Å². The van der Waals surface area contributed by atoms with E-state index in [-0.39, 0.29) is 10.9 Å². The van der Waals surface area contributed by atoms with E-state index in [9.17, 15) is 5.11 Å². The second-order valence-corrected chi connectivity index (χ2v) is 4.96. The molecule has 92 valence electrons. The normalized spacial score (nSPS) is 10.5. The zero-order chi connectivity index (χ0) is 13.0. The Bertz CT molecular complexity index is 480. The zero-order valence-electron chi connectivity index (χ0n) is 8.70. The number of nitrogens with zero attached hydrogens (tertiary/aromatic N) is 1. The molecule has 0 bridgehead atoms. The average Bonchev–Trinajstić information content (AvgIpc) is 2.27. The highest BCUT2D eigenvalue weighted by Crippen LogP contribution is 2.39. The van der Waals surface area contributed by atoms with Crippen molar-refractivity contribution in [1.29, 1.82) is 0 Å². The molecule has 5 nitrogen and oxygen atoms in total. The minimum absolute atomic E-state index is 0.0314. The highest BCUT2D eigenvalue weighted by molar-refractivity contribution is 9.13. The molecule has 8 heteroatoms. The second kappa shape index (κ2) is 6.18. The Labute approximate surface area is 120 Å². The highest BCUT2D eigenvalue weighted by Gasteiger charge is 2.14. The Hall–Kier alpha value is -0.860. The van der Waals surface area contributed by atoms with Crippen LogP contribution >= 0.6 is 44.1 Å². The first kappa shape index (κ1) is 14.2. The number of phenols is 1. The van der Waals surface area contributed by atoms with Crippen LogP contribution in [-0.2, 0) is 0 Å². The summed E-state index contributed by atoms with van der Waals surface area (Å²) in [6.07, 6.45) is 1.38. The van der Waals surface area contributed by atoms with Crippen molar-refractivity contribution in [3.8, 4) is 11.5 Å². The largest absolute Gasteiger partial charge is 0.504 e. The maximum atomic E-state index is 9.90. The van der Waals surface area contributed by atoms with E-state index in [4.69, 9.17) is 10.5 Å². The van der Waals surface area contributed by atoms with Gasteiger partial charge in [0.25, 0.3) is 0 Å². The standard InChI is InChI=1S/C9H9Br2N3O2S/c1-16-6-2-5(10)7(11)4(8(6)15)3-13-14-9(12)17/h2-3,15H,1H3,(H3,12,14,17). The van der Waals surface area contributed by atoms with Gasteiger partial charge in [-0.2, -0.15) is 5.10 Å². The summed E-state index contributed by atoms with van der Waals surface area (Å²) in [5.74, 6) is 0.299. The molecule has 0 aliphatic heterocycles. The molecule has 0 saturated carbocycles. The van der Waals surface area contributed by atoms with Gasteiger partial charge in [0, 0.05) is 8.95 Å². The van der Waals surface area contributed by atoms with Gasteiger partial charge in [-0.15, -0.1) is 0 Å². The summed E-state index contributed by atoms with van der Waals surface area (Å²) in [7, 11) is 1.46. The first-order valence-electron chi connectivity index (χ1n) is 4.30. The third-order valence-corrected chi connectivity index (χ3v) is 3.88. The number of methoxy groups -OCH3 is 1. The van der Waals surface area contributed by atoms with Crippen molar-refractivity contribution in [1.82, 2.24) is 5.43 Å². The number of nitrogens with one attached hydrogen (secondary N) is 1. The average molecular weight is 383 g/mol. The molecule has 0 amide bonds. The number of phenolic OH excluding ortho intramolecular Hbond substituents is 1. The van der Waals surface area contributed by atoms with Crippen LogP contribution in [0.25, 0.3) is 0 Å². The van der Waals surface area contributed by atoms with E-state index in [1.54, 1.807) is 6.07 Å². The molecular weight excluding hydrogens is 374 g/mol. The van der Waals surface area contributed by atoms with Crippen LogP contribution in [0.15, 0.2) is 20.1 Å². The minimum Gasteiger partial charge on any atom is -0.504 e. The Morgan fingerprint density at radius 3 is 2.82 bits per heavy atom. The van der Waals surface area contributed by atoms with Crippen molar-refractivity contribution in [2.24, 2.45) is 10.8 Å². The molecule has 0 heterocycles. The lowest BCUT2D eigenvalue weighted by Crippen LogP contribution is -2.24. The number of hydrogen-bond donors (Lipinski definition) is 3. The van der Waals surface area contributed by atoms with Gasteiger partial charge in [0.15, 0.2) is 16.6 Å². The molecule has 17 heavy (non-hydrogen) atoms. The van der Waals surface area contributed by atoms with Crippen LogP contribution in [0.3, 0.4) is 0 Å². The van der Waals surface area contributed by atoms with E-state index in [1.165, 1.54) is 13.3 Å². The van der Waals surface area contributed by atoms with E-state index in [0.29, 0.717) is 15.8 Å². The lowest BCUT2D eigenvalue weighted by Gasteiger charge is -2.09. The smallest absolute Gasteiger partial charge is 0.184 e. The molecule has 0 aliphatic rings. The van der Waals surface area contributed by atoms with Crippen LogP contribution in [0.5, 0.6) is 11.5 Å². The Kier molecular flexibility index (Phi) is 5.16. The maximum absolute atomic E-state index is 9.90. The summed E-state index contributed by atoms with van der Waals surface area (Å²) >= 11 is 11.2. The van der Waals surface area contributed by atoms with Gasteiger partial charge >= 0.3 is 0 Å². The number of ether oxygens (including phenoxy) is 1. The summed E-state index contributed by atoms with van der Waals surface area (Å²) in [5, 5.41) is 13.7. The molecule has 1 aromatic rings. The number of rotatable bonds is 3. The van der Waals surface area contributed by atoms with E-state index < -0.39 is 0 Å². The summed E-state index contributed by atoms with van der Waals surface area (Å²) < 4.78 is 6.38. The van der Waals surface area contributed by atoms with Gasteiger partial charge in [0.1, 0.15) is 0 Å². The van der Waals surface area contributed by atoms with Crippen molar-refractivity contribution >= 4 is 55.4 Å². The fourth-order valence-electron chi connectivity index (χ4n) is 1.05. The first-order valence-corrected chi connectivity index (χ1v) is 6.30. The van der Waals surface area contributed by atoms with Crippen molar-refractivity contribution in [3.63, 3.8) is 0 Å². The van der Waals surface area contributed by atoms with Gasteiger partial charge in [-0.05, 0) is 50.1 Å². The SMILES string of the molecule is COc1cc(Br)c(Br)c(C=NNC(N)=S)c1O. The number of aromatic hydroxyl groups is 1. The predicted molar refractivity (Wildman–Crippen MR) is 77.6 cm³/mol. The number of benzene rings is 1. The quantitative estimate of drug-likeness (QED) is 0.423. The number of hydrogen-bond acceptors (Lipinski definition) is 4. The molecule has 0 saturated heterocycles. The maximum Gasteiger partial charge on any atom is 0.184 e. The van der Waals surface area contributed by atoms with Crippen LogP contribution in [0.4, 0.5) is 0 Å². The highest BCUT2D eigenvalue weighted by atomic mass is 79.9. The van der Waals surface area contributed by atoms with E-state index in [1.807, 2.05) is 0 Å². The van der Waals surface area contributed by atoms with Crippen LogP contribution < -0.4 is 15.9 Å². The molecule has 0 atom stereocenters. The Morgan fingerprint density at radius 1 is 1.65 bits per heavy atom. The van der Waals surface area contributed by atoms with Gasteiger partial charge in [-0.3, -0.25) is 5.43 Å². The molecule has 0 unspecified atom stereocenters. The van der Waals surface area contributed by atoms with Crippen LogP contribution in [-0.4, -0.2) is 23.5 Å². The number of nitrogens with two attached hydrogens (primary N) is 1. The molecule has 4 N–H and O–H groups in total. The Balaban J connectivity index is 3.17. The topological polar surface area (TPSA) is 79.9 Å². The minimum atomic E-state index is -0.0314. The van der Waals surface area contributed by atoms with Crippen molar-refractivity contribution in [2.45, 2.75) is 0 Å². The van der Waals surface area contributed by atoms with Gasteiger partial charge in [-0.1, -0.05) is 0 Å². The monoisotopic (exact) mass is 381 g/mol. The molecule has 0 aliphatic carbocycles. The molecule has 0 radical (unpaired) electrons. The molecule has 1 aromatic carbocycles. The fourth-order valence-corrected chi connectivity index (χ4v) is 1.92. The lowest BCUT2D eigenvalue weighted by molar-refractivity contribution is 0.372. The number of hydrazone groups is 1. The second-order valence-electron chi connectivity index (χ2n) is 2.87. The van der Waals surface area contributed by atoms with Gasteiger partial charge in [0.05, 0.1) is 18.9 Å². The van der Waals surface area contributed by atoms with E-state index in [2.05, 4.69) is 54.6 Å². The van der Waals surface area contributed by atoms with E-state index >= 15 is 0 Å². The summed E-state index contributed by atoms with van der Waals surface area (Å²) in [6, 6.07) is 1.64. The number of halogens is 2. The van der Waals surface area contributed by atoms with Crippen molar-refractivity contribution in [2.75, 3.05) is 7.11 Å². The summed E-state index contributed by atoms with van der Waals surface area (Å²) in [4.78, 5) is 0. The molecule has 0 aromatic heterocycles. The fraction of sp³-hybridized carbons (Fsp3) is 0.111. The molecular formula is C9H9Br2N3O2S. The van der Waals surface area contributed by atoms with E-state index in [0.717, 1.165) is 4.47 Å². The van der Waals surface area contributed by atoms with Gasteiger partial charge < -0.3 is 15.6 Å². The van der Waals surface area contributed by atoms with Crippen LogP contribution in [0.1, 0.15) is 5.56 Å². The van der Waals surface area contributed by atoms with Crippen molar-refractivity contribution in [3.05, 3.63) is 20.6 Å². The predicted octanol–water partition coefficient (Wildman–Crippen LogP) is 2.09.